The number of piperidine rings is 1. The van der Waals surface area contributed by atoms with E-state index >= 15 is 0 Å². The summed E-state index contributed by atoms with van der Waals surface area (Å²) in [4.78, 5) is 23.1. The normalized spacial score (nSPS) is 23.8. The van der Waals surface area contributed by atoms with Crippen molar-refractivity contribution in [1.29, 1.82) is 0 Å². The molecule has 4 N–H and O–H groups in total. The van der Waals surface area contributed by atoms with E-state index in [2.05, 4.69) is 20.3 Å². The Morgan fingerprint density at radius 2 is 2.03 bits per heavy atom. The first-order valence-corrected chi connectivity index (χ1v) is 13.8. The predicted molar refractivity (Wildman–Crippen MR) is 137 cm³/mol. The molecular formula is C24H32N6O2S2. The van der Waals surface area contributed by atoms with Crippen molar-refractivity contribution in [2.45, 2.75) is 63.5 Å². The molecule has 1 saturated heterocycles. The van der Waals surface area contributed by atoms with Gasteiger partial charge in [-0.25, -0.2) is 9.97 Å². The molecule has 0 atom stereocenters. The van der Waals surface area contributed by atoms with Crippen LogP contribution in [0.15, 0.2) is 17.5 Å². The van der Waals surface area contributed by atoms with Gasteiger partial charge in [-0.2, -0.15) is 4.37 Å². The van der Waals surface area contributed by atoms with E-state index in [0.29, 0.717) is 30.6 Å². The van der Waals surface area contributed by atoms with Gasteiger partial charge in [0.05, 0.1) is 15.8 Å². The Bertz CT molecular complexity index is 1130. The number of rotatable bonds is 7. The zero-order chi connectivity index (χ0) is 23.5. The molecule has 34 heavy (non-hydrogen) atoms. The third-order valence-corrected chi connectivity index (χ3v) is 8.58. The zero-order valence-electron chi connectivity index (χ0n) is 19.5. The Kier molecular flexibility index (Phi) is 7.10. The topological polar surface area (TPSA) is 112 Å². The van der Waals surface area contributed by atoms with Crippen molar-refractivity contribution in [2.24, 2.45) is 5.92 Å². The highest BCUT2D eigenvalue weighted by Gasteiger charge is 2.29. The number of carbonyl (C=O) groups is 1. The first kappa shape index (κ1) is 23.6. The maximum atomic E-state index is 12.6. The number of nitrogens with one attached hydrogen (secondary N) is 3. The first-order chi connectivity index (χ1) is 16.4. The third kappa shape index (κ3) is 5.73. The lowest BCUT2D eigenvalue weighted by Gasteiger charge is -2.33. The second-order valence-electron chi connectivity index (χ2n) is 9.80. The average molecular weight is 501 g/mol. The van der Waals surface area contributed by atoms with Crippen LogP contribution in [0.5, 0.6) is 0 Å². The van der Waals surface area contributed by atoms with Crippen LogP contribution in [-0.2, 0) is 6.42 Å². The standard InChI is InChI=1S/C24H32N6O2S2/c1-24(32)7-2-16(3-8-24)27-22-21-18(6-11-33-21)28-20(29-22)13-17-12-19(30-34-17)23(31)26-14-15-4-9-25-10-5-15/h6,11-12,15-16,25,32H,2-5,7-10,13-14H2,1H3,(H,26,31)(H,27,28,29). The van der Waals surface area contributed by atoms with Crippen LogP contribution in [0.2, 0.25) is 0 Å². The lowest BCUT2D eigenvalue weighted by atomic mass is 9.84. The number of thiophene rings is 1. The molecule has 1 aliphatic heterocycles. The summed E-state index contributed by atoms with van der Waals surface area (Å²) in [6.07, 6.45) is 6.16. The molecule has 2 aliphatic rings. The predicted octanol–water partition coefficient (Wildman–Crippen LogP) is 3.57. The monoisotopic (exact) mass is 500 g/mol. The van der Waals surface area contributed by atoms with E-state index in [9.17, 15) is 9.90 Å². The van der Waals surface area contributed by atoms with Gasteiger partial charge < -0.3 is 21.1 Å². The Morgan fingerprint density at radius 1 is 1.24 bits per heavy atom. The Labute approximate surface area is 207 Å². The molecule has 1 saturated carbocycles. The number of amides is 1. The first-order valence-electron chi connectivity index (χ1n) is 12.1. The molecule has 0 radical (unpaired) electrons. The van der Waals surface area contributed by atoms with E-state index in [1.807, 2.05) is 24.4 Å². The molecule has 1 amide bonds. The van der Waals surface area contributed by atoms with Crippen molar-refractivity contribution in [3.05, 3.63) is 33.9 Å². The van der Waals surface area contributed by atoms with Crippen LogP contribution in [0.3, 0.4) is 0 Å². The Hall–Kier alpha value is -2.14. The van der Waals surface area contributed by atoms with Crippen molar-refractivity contribution < 1.29 is 9.90 Å². The summed E-state index contributed by atoms with van der Waals surface area (Å²) in [7, 11) is 0. The fourth-order valence-corrected chi connectivity index (χ4v) is 6.23. The number of hydrogen-bond donors (Lipinski definition) is 4. The summed E-state index contributed by atoms with van der Waals surface area (Å²) in [6, 6.07) is 4.18. The van der Waals surface area contributed by atoms with Crippen molar-refractivity contribution in [3.63, 3.8) is 0 Å². The van der Waals surface area contributed by atoms with Gasteiger partial charge in [-0.05, 0) is 93.5 Å². The van der Waals surface area contributed by atoms with Crippen molar-refractivity contribution in [1.82, 2.24) is 25.0 Å². The highest BCUT2D eigenvalue weighted by Crippen LogP contribution is 2.32. The number of aliphatic hydroxyl groups is 1. The fourth-order valence-electron chi connectivity index (χ4n) is 4.74. The van der Waals surface area contributed by atoms with E-state index < -0.39 is 5.60 Å². The number of nitrogens with zero attached hydrogens (tertiary/aromatic N) is 3. The number of carbonyl (C=O) groups excluding carboxylic acids is 1. The summed E-state index contributed by atoms with van der Waals surface area (Å²) < 4.78 is 5.44. The molecule has 5 rings (SSSR count). The van der Waals surface area contributed by atoms with E-state index in [1.165, 1.54) is 11.5 Å². The van der Waals surface area contributed by atoms with Crippen LogP contribution in [0.25, 0.3) is 10.2 Å². The van der Waals surface area contributed by atoms with Crippen molar-refractivity contribution in [3.8, 4) is 0 Å². The molecule has 10 heteroatoms. The van der Waals surface area contributed by atoms with Gasteiger partial charge in [0, 0.05) is 23.9 Å². The molecule has 2 fully saturated rings. The van der Waals surface area contributed by atoms with E-state index in [4.69, 9.17) is 9.97 Å². The van der Waals surface area contributed by atoms with Crippen LogP contribution < -0.4 is 16.0 Å². The third-order valence-electron chi connectivity index (χ3n) is 6.89. The molecule has 182 valence electrons. The molecule has 4 heterocycles. The van der Waals surface area contributed by atoms with Crippen LogP contribution in [-0.4, -0.2) is 56.6 Å². The van der Waals surface area contributed by atoms with Gasteiger partial charge in [0.25, 0.3) is 5.91 Å². The second-order valence-corrected chi connectivity index (χ2v) is 11.6. The summed E-state index contributed by atoms with van der Waals surface area (Å²) >= 11 is 2.98. The highest BCUT2D eigenvalue weighted by atomic mass is 32.1. The average Bonchev–Trinajstić information content (AvgIpc) is 3.49. The molecule has 3 aromatic rings. The summed E-state index contributed by atoms with van der Waals surface area (Å²) in [5.41, 5.74) is 0.847. The number of hydrogen-bond acceptors (Lipinski definition) is 9. The van der Waals surface area contributed by atoms with Gasteiger partial charge in [-0.3, -0.25) is 4.79 Å². The van der Waals surface area contributed by atoms with Crippen LogP contribution in [0, 0.1) is 5.92 Å². The Balaban J connectivity index is 1.24. The number of fused-ring (bicyclic) bond motifs is 1. The highest BCUT2D eigenvalue weighted by molar-refractivity contribution is 7.17. The molecule has 0 spiro atoms. The second kappa shape index (κ2) is 10.2. The quantitative estimate of drug-likeness (QED) is 0.392. The van der Waals surface area contributed by atoms with Crippen molar-refractivity contribution in [2.75, 3.05) is 25.0 Å². The largest absolute Gasteiger partial charge is 0.390 e. The van der Waals surface area contributed by atoms with Crippen molar-refractivity contribution >= 4 is 44.8 Å². The van der Waals surface area contributed by atoms with E-state index in [-0.39, 0.29) is 5.91 Å². The molecule has 0 unspecified atom stereocenters. The lowest BCUT2D eigenvalue weighted by Crippen LogP contribution is -2.36. The van der Waals surface area contributed by atoms with E-state index in [0.717, 1.165) is 78.4 Å². The minimum Gasteiger partial charge on any atom is -0.390 e. The smallest absolute Gasteiger partial charge is 0.271 e. The molecular weight excluding hydrogens is 468 g/mol. The maximum Gasteiger partial charge on any atom is 0.271 e. The zero-order valence-corrected chi connectivity index (χ0v) is 21.1. The van der Waals surface area contributed by atoms with Crippen LogP contribution >= 0.6 is 22.9 Å². The molecule has 8 nitrogen and oxygen atoms in total. The van der Waals surface area contributed by atoms with Gasteiger partial charge in [0.1, 0.15) is 17.3 Å². The SMILES string of the molecule is CC1(O)CCC(Nc2nc(Cc3cc(C(=O)NCC4CCNCC4)ns3)nc3ccsc23)CC1. The van der Waals surface area contributed by atoms with Gasteiger partial charge in [0.15, 0.2) is 0 Å². The molecule has 0 bridgehead atoms. The van der Waals surface area contributed by atoms with Gasteiger partial charge in [-0.15, -0.1) is 11.3 Å². The molecule has 0 aromatic carbocycles. The van der Waals surface area contributed by atoms with Gasteiger partial charge in [-0.1, -0.05) is 0 Å². The summed E-state index contributed by atoms with van der Waals surface area (Å²) in [5.74, 6) is 2.02. The molecule has 3 aromatic heterocycles. The maximum absolute atomic E-state index is 12.6. The number of anilines is 1. The fraction of sp³-hybridized carbons (Fsp3) is 0.583. The lowest BCUT2D eigenvalue weighted by molar-refractivity contribution is 0.0196. The molecule has 1 aliphatic carbocycles. The van der Waals surface area contributed by atoms with Gasteiger partial charge >= 0.3 is 0 Å². The van der Waals surface area contributed by atoms with Crippen LogP contribution in [0.1, 0.15) is 66.6 Å². The summed E-state index contributed by atoms with van der Waals surface area (Å²) in [6.45, 7) is 4.67. The van der Waals surface area contributed by atoms with Crippen LogP contribution in [0.4, 0.5) is 5.82 Å². The minimum absolute atomic E-state index is 0.106. The van der Waals surface area contributed by atoms with E-state index in [1.54, 1.807) is 11.3 Å². The number of aromatic nitrogens is 3. The summed E-state index contributed by atoms with van der Waals surface area (Å²) in [5, 5.41) is 22.3. The Morgan fingerprint density at radius 3 is 2.82 bits per heavy atom. The minimum atomic E-state index is -0.558. The van der Waals surface area contributed by atoms with Gasteiger partial charge in [0.2, 0.25) is 0 Å².